The Morgan fingerprint density at radius 1 is 1.12 bits per heavy atom. The van der Waals surface area contributed by atoms with E-state index in [0.717, 1.165) is 51.6 Å². The number of halogens is 2. The number of nitrogens with zero attached hydrogens (tertiary/aromatic N) is 1. The molecule has 1 N–H and O–H groups in total. The summed E-state index contributed by atoms with van der Waals surface area (Å²) in [4.78, 5) is 15.0. The van der Waals surface area contributed by atoms with Crippen LogP contribution in [0.1, 0.15) is 65.7 Å². The summed E-state index contributed by atoms with van der Waals surface area (Å²) < 4.78 is 58.0. The van der Waals surface area contributed by atoms with Gasteiger partial charge in [0.15, 0.2) is 12.1 Å². The van der Waals surface area contributed by atoms with Crippen molar-refractivity contribution in [2.75, 3.05) is 26.2 Å². The molecule has 0 bridgehead atoms. The van der Waals surface area contributed by atoms with Gasteiger partial charge >= 0.3 is 6.09 Å². The average molecular weight is 626 g/mol. The van der Waals surface area contributed by atoms with Gasteiger partial charge in [0.25, 0.3) is 10.0 Å². The Labute approximate surface area is 248 Å². The van der Waals surface area contributed by atoms with Crippen LogP contribution in [0.15, 0.2) is 29.2 Å². The molecule has 3 aliphatic rings. The molecule has 3 saturated heterocycles. The molecule has 1 aromatic carbocycles. The van der Waals surface area contributed by atoms with Crippen molar-refractivity contribution < 1.29 is 36.9 Å². The van der Waals surface area contributed by atoms with Crippen molar-refractivity contribution in [2.24, 2.45) is 0 Å². The molecule has 1 amide bonds. The fourth-order valence-electron chi connectivity index (χ4n) is 5.29. The van der Waals surface area contributed by atoms with Crippen molar-refractivity contribution >= 4 is 40.1 Å². The molecular formula is C27H42Cl2N2O8S. The summed E-state index contributed by atoms with van der Waals surface area (Å²) in [6, 6.07) is 5.52. The van der Waals surface area contributed by atoms with Crippen molar-refractivity contribution in [3.05, 3.63) is 29.3 Å². The number of fused-ring (bicyclic) bond motifs is 1. The fourth-order valence-corrected chi connectivity index (χ4v) is 6.30. The molecule has 0 aromatic heterocycles. The predicted octanol–water partition coefficient (Wildman–Crippen LogP) is 4.87. The van der Waals surface area contributed by atoms with Gasteiger partial charge in [0.05, 0.1) is 4.90 Å². The van der Waals surface area contributed by atoms with E-state index in [2.05, 4.69) is 11.8 Å². The number of carbonyl (C=O) groups excluding carboxylic acids is 1. The third-order valence-corrected chi connectivity index (χ3v) is 8.77. The molecule has 40 heavy (non-hydrogen) atoms. The summed E-state index contributed by atoms with van der Waals surface area (Å²) >= 11 is 5.87. The van der Waals surface area contributed by atoms with Crippen LogP contribution >= 0.6 is 24.0 Å². The van der Waals surface area contributed by atoms with Gasteiger partial charge in [-0.3, -0.25) is 4.90 Å². The van der Waals surface area contributed by atoms with E-state index >= 15 is 0 Å². The number of nitrogens with one attached hydrogen (secondary N) is 1. The molecule has 228 valence electrons. The van der Waals surface area contributed by atoms with Crippen LogP contribution in [-0.2, 0) is 33.7 Å². The summed E-state index contributed by atoms with van der Waals surface area (Å²) in [5.74, 6) is -0.835. The van der Waals surface area contributed by atoms with Gasteiger partial charge in [-0.25, -0.2) is 17.9 Å². The second-order valence-corrected chi connectivity index (χ2v) is 12.9. The van der Waals surface area contributed by atoms with Crippen LogP contribution in [0.5, 0.6) is 0 Å². The van der Waals surface area contributed by atoms with E-state index in [9.17, 15) is 13.2 Å². The number of unbranched alkanes of at least 4 members (excludes halogenated alkanes) is 4. The number of sulfonamides is 1. The molecule has 5 atom stereocenters. The van der Waals surface area contributed by atoms with E-state index < -0.39 is 52.6 Å². The van der Waals surface area contributed by atoms with E-state index in [4.69, 9.17) is 35.3 Å². The first-order valence-electron chi connectivity index (χ1n) is 13.9. The number of carbonyl (C=O) groups is 1. The maximum Gasteiger partial charge on any atom is 0.421 e. The molecule has 3 aliphatic heterocycles. The molecule has 13 heteroatoms. The number of benzene rings is 1. The van der Waals surface area contributed by atoms with Crippen LogP contribution < -0.4 is 4.72 Å². The molecule has 1 aromatic rings. The molecule has 1 unspecified atom stereocenters. The van der Waals surface area contributed by atoms with E-state index in [1.807, 2.05) is 18.6 Å². The number of ether oxygens (including phenoxy) is 5. The molecular weight excluding hydrogens is 583 g/mol. The average Bonchev–Trinajstić information content (AvgIpc) is 3.56. The molecule has 3 heterocycles. The van der Waals surface area contributed by atoms with Gasteiger partial charge in [-0.1, -0.05) is 44.2 Å². The minimum absolute atomic E-state index is 0. The summed E-state index contributed by atoms with van der Waals surface area (Å²) in [7, 11) is -4.16. The lowest BCUT2D eigenvalue weighted by molar-refractivity contribution is -0.230. The molecule has 0 aliphatic carbocycles. The maximum atomic E-state index is 12.9. The third-order valence-electron chi connectivity index (χ3n) is 7.19. The number of rotatable bonds is 13. The first kappa shape index (κ1) is 33.3. The summed E-state index contributed by atoms with van der Waals surface area (Å²) in [6.45, 7) is 8.40. The van der Waals surface area contributed by atoms with Crippen molar-refractivity contribution in [1.82, 2.24) is 9.62 Å². The van der Waals surface area contributed by atoms with Crippen LogP contribution in [-0.4, -0.2) is 82.1 Å². The number of hydrogen-bond acceptors (Lipinski definition) is 9. The summed E-state index contributed by atoms with van der Waals surface area (Å²) in [6.07, 6.45) is 3.21. The molecule has 10 nitrogen and oxygen atoms in total. The Bertz CT molecular complexity index is 1050. The van der Waals surface area contributed by atoms with E-state index in [0.29, 0.717) is 18.2 Å². The highest BCUT2D eigenvalue weighted by Crippen LogP contribution is 2.40. The quantitative estimate of drug-likeness (QED) is 0.307. The molecule has 0 saturated carbocycles. The SMILES string of the molecule is CCCCCCCO[C@@H]1[C@H]2OC(C)(C)O[C@H]2O[C@@H]1C(CN1CCCC1)OC(=O)NS(=O)(=O)c1ccc(Cl)cc1.Cl. The first-order valence-corrected chi connectivity index (χ1v) is 15.8. The van der Waals surface area contributed by atoms with Gasteiger partial charge in [0.1, 0.15) is 24.4 Å². The fraction of sp³-hybridized carbons (Fsp3) is 0.741. The third kappa shape index (κ3) is 8.91. The Hall–Kier alpha value is -1.18. The Morgan fingerprint density at radius 2 is 1.80 bits per heavy atom. The highest BCUT2D eigenvalue weighted by atomic mass is 35.5. The van der Waals surface area contributed by atoms with Crippen LogP contribution in [0.3, 0.4) is 0 Å². The first-order chi connectivity index (χ1) is 18.6. The second-order valence-electron chi connectivity index (χ2n) is 10.8. The molecule has 4 rings (SSSR count). The van der Waals surface area contributed by atoms with E-state index in [1.165, 1.54) is 30.7 Å². The van der Waals surface area contributed by atoms with Crippen LogP contribution in [0.4, 0.5) is 4.79 Å². The van der Waals surface area contributed by atoms with Crippen molar-refractivity contribution in [1.29, 1.82) is 0 Å². The largest absolute Gasteiger partial charge is 0.441 e. The van der Waals surface area contributed by atoms with Gasteiger partial charge in [-0.15, -0.1) is 12.4 Å². The standard InChI is InChI=1S/C27H41ClN2O8S.ClH/c1-4-5-6-7-10-17-34-23-22(36-25-24(23)37-27(2,3)38-25)21(18-30-15-8-9-16-30)35-26(31)29-39(32,33)20-13-11-19(28)12-14-20;/h11-14,21-25H,4-10,15-18H2,1-3H3,(H,29,31);1H/t21?,22-,23+,24-,25-;/m1./s1. The van der Waals surface area contributed by atoms with E-state index in [1.54, 1.807) is 0 Å². The van der Waals surface area contributed by atoms with Gasteiger partial charge in [0, 0.05) is 18.2 Å². The lowest BCUT2D eigenvalue weighted by Crippen LogP contribution is -2.50. The normalized spacial score (nSPS) is 26.7. The zero-order chi connectivity index (χ0) is 28.0. The van der Waals surface area contributed by atoms with Crippen molar-refractivity contribution in [2.45, 2.75) is 107 Å². The second kappa shape index (κ2) is 14.8. The van der Waals surface area contributed by atoms with Crippen LogP contribution in [0.25, 0.3) is 0 Å². The van der Waals surface area contributed by atoms with Gasteiger partial charge in [-0.05, 0) is 70.5 Å². The molecule has 0 spiro atoms. The molecule has 3 fully saturated rings. The summed E-state index contributed by atoms with van der Waals surface area (Å²) in [5, 5.41) is 0.384. The van der Waals surface area contributed by atoms with E-state index in [-0.39, 0.29) is 17.3 Å². The smallest absolute Gasteiger partial charge is 0.421 e. The predicted molar refractivity (Wildman–Crippen MR) is 152 cm³/mol. The highest BCUT2D eigenvalue weighted by Gasteiger charge is 2.58. The number of likely N-dealkylation sites (tertiary alicyclic amines) is 1. The number of amides is 1. The number of hydrogen-bond donors (Lipinski definition) is 1. The minimum atomic E-state index is -4.16. The topological polar surface area (TPSA) is 113 Å². The van der Waals surface area contributed by atoms with Crippen molar-refractivity contribution in [3.8, 4) is 0 Å². The summed E-state index contributed by atoms with van der Waals surface area (Å²) in [5.41, 5.74) is 0. The monoisotopic (exact) mass is 624 g/mol. The lowest BCUT2D eigenvalue weighted by Gasteiger charge is -2.32. The van der Waals surface area contributed by atoms with Gasteiger partial charge in [-0.2, -0.15) is 0 Å². The lowest BCUT2D eigenvalue weighted by atomic mass is 10.0. The minimum Gasteiger partial charge on any atom is -0.441 e. The molecule has 0 radical (unpaired) electrons. The Kier molecular flexibility index (Phi) is 12.3. The zero-order valence-electron chi connectivity index (χ0n) is 23.4. The Balaban J connectivity index is 0.00000441. The van der Waals surface area contributed by atoms with Crippen molar-refractivity contribution in [3.63, 3.8) is 0 Å². The Morgan fingerprint density at radius 3 is 2.48 bits per heavy atom. The van der Waals surface area contributed by atoms with Crippen LogP contribution in [0.2, 0.25) is 5.02 Å². The van der Waals surface area contributed by atoms with Crippen LogP contribution in [0, 0.1) is 0 Å². The zero-order valence-corrected chi connectivity index (χ0v) is 25.8. The highest BCUT2D eigenvalue weighted by molar-refractivity contribution is 7.90. The van der Waals surface area contributed by atoms with Gasteiger partial charge in [0.2, 0.25) is 0 Å². The van der Waals surface area contributed by atoms with Gasteiger partial charge < -0.3 is 23.7 Å². The maximum absolute atomic E-state index is 12.9.